The molecule has 2 aliphatic rings. The maximum atomic E-state index is 12.2. The lowest BCUT2D eigenvalue weighted by Crippen LogP contribution is -2.43. The normalized spacial score (nSPS) is 31.2. The minimum Gasteiger partial charge on any atom is -0.481 e. The first-order valence-corrected chi connectivity index (χ1v) is 10.0. The number of sulfonamides is 1. The van der Waals surface area contributed by atoms with Crippen molar-refractivity contribution in [3.05, 3.63) is 0 Å². The third-order valence-electron chi connectivity index (χ3n) is 4.05. The van der Waals surface area contributed by atoms with Crippen molar-refractivity contribution in [2.45, 2.75) is 43.4 Å². The average molecular weight is 325 g/mol. The molecule has 0 aromatic rings. The Kier molecular flexibility index (Phi) is 4.41. The number of carboxylic acid groups (broad SMARTS) is 1. The van der Waals surface area contributed by atoms with Gasteiger partial charge in [0.1, 0.15) is 9.84 Å². The lowest BCUT2D eigenvalue weighted by atomic mass is 10.1. The quantitative estimate of drug-likeness (QED) is 0.735. The van der Waals surface area contributed by atoms with E-state index in [0.29, 0.717) is 19.3 Å². The highest BCUT2D eigenvalue weighted by molar-refractivity contribution is 7.92. The first kappa shape index (κ1) is 15.7. The minimum absolute atomic E-state index is 0.0962. The number of rotatable bonds is 4. The van der Waals surface area contributed by atoms with Crippen LogP contribution < -0.4 is 4.72 Å². The fraction of sp³-hybridized carbons (Fsp3) is 0.909. The summed E-state index contributed by atoms with van der Waals surface area (Å²) < 4.78 is 49.5. The Morgan fingerprint density at radius 1 is 1.10 bits per heavy atom. The topological polar surface area (TPSA) is 118 Å². The van der Waals surface area contributed by atoms with Gasteiger partial charge in [-0.15, -0.1) is 0 Å². The van der Waals surface area contributed by atoms with Crippen LogP contribution in [0.2, 0.25) is 0 Å². The van der Waals surface area contributed by atoms with Crippen LogP contribution in [0.15, 0.2) is 0 Å². The van der Waals surface area contributed by atoms with Crippen molar-refractivity contribution in [1.82, 2.24) is 4.72 Å². The summed E-state index contributed by atoms with van der Waals surface area (Å²) in [5.74, 6) is -1.58. The monoisotopic (exact) mass is 325 g/mol. The molecule has 0 unspecified atom stereocenters. The van der Waals surface area contributed by atoms with Gasteiger partial charge >= 0.3 is 5.97 Å². The van der Waals surface area contributed by atoms with E-state index in [1.807, 2.05) is 0 Å². The maximum Gasteiger partial charge on any atom is 0.306 e. The highest BCUT2D eigenvalue weighted by Gasteiger charge is 2.37. The molecule has 9 heteroatoms. The van der Waals surface area contributed by atoms with Gasteiger partial charge in [-0.1, -0.05) is 0 Å². The summed E-state index contributed by atoms with van der Waals surface area (Å²) >= 11 is 0. The molecule has 1 saturated carbocycles. The Labute approximate surface area is 118 Å². The average Bonchev–Trinajstić information content (AvgIpc) is 2.76. The van der Waals surface area contributed by atoms with Crippen LogP contribution in [0.1, 0.15) is 32.1 Å². The van der Waals surface area contributed by atoms with Crippen molar-refractivity contribution < 1.29 is 26.7 Å². The Morgan fingerprint density at radius 3 is 2.20 bits per heavy atom. The third kappa shape index (κ3) is 3.70. The number of aliphatic carboxylic acids is 1. The molecule has 0 aromatic carbocycles. The summed E-state index contributed by atoms with van der Waals surface area (Å²) in [6.45, 7) is 0. The third-order valence-corrected chi connectivity index (χ3v) is 7.78. The van der Waals surface area contributed by atoms with Crippen LogP contribution in [0.5, 0.6) is 0 Å². The molecule has 1 saturated heterocycles. The SMILES string of the molecule is O=C(O)[C@@H]1CC[C@H](NS(=O)(=O)C2CCS(=O)(=O)CC2)C1. The molecule has 2 atom stereocenters. The van der Waals surface area contributed by atoms with Crippen molar-refractivity contribution in [3.63, 3.8) is 0 Å². The van der Waals surface area contributed by atoms with Gasteiger partial charge in [0, 0.05) is 6.04 Å². The summed E-state index contributed by atoms with van der Waals surface area (Å²) in [5.41, 5.74) is 0. The van der Waals surface area contributed by atoms with Crippen molar-refractivity contribution in [3.8, 4) is 0 Å². The Morgan fingerprint density at radius 2 is 1.70 bits per heavy atom. The largest absolute Gasteiger partial charge is 0.481 e. The lowest BCUT2D eigenvalue weighted by Gasteiger charge is -2.24. The molecule has 116 valence electrons. The fourth-order valence-corrected chi connectivity index (χ4v) is 6.34. The Balaban J connectivity index is 1.94. The van der Waals surface area contributed by atoms with E-state index in [1.54, 1.807) is 0 Å². The molecule has 1 heterocycles. The molecule has 2 fully saturated rings. The van der Waals surface area contributed by atoms with Gasteiger partial charge in [-0.25, -0.2) is 21.6 Å². The lowest BCUT2D eigenvalue weighted by molar-refractivity contribution is -0.141. The van der Waals surface area contributed by atoms with Crippen LogP contribution in [0, 0.1) is 5.92 Å². The second-order valence-electron chi connectivity index (χ2n) is 5.56. The van der Waals surface area contributed by atoms with Crippen LogP contribution in [-0.2, 0) is 24.7 Å². The molecule has 1 aliphatic heterocycles. The first-order valence-electron chi connectivity index (χ1n) is 6.64. The molecule has 0 bridgehead atoms. The van der Waals surface area contributed by atoms with Gasteiger partial charge in [-0.05, 0) is 32.1 Å². The number of hydrogen-bond acceptors (Lipinski definition) is 5. The highest BCUT2D eigenvalue weighted by atomic mass is 32.2. The van der Waals surface area contributed by atoms with E-state index in [-0.39, 0.29) is 30.4 Å². The van der Waals surface area contributed by atoms with Gasteiger partial charge in [0.15, 0.2) is 0 Å². The van der Waals surface area contributed by atoms with Crippen LogP contribution in [-0.4, -0.2) is 50.7 Å². The van der Waals surface area contributed by atoms with Gasteiger partial charge < -0.3 is 5.11 Å². The second-order valence-corrected chi connectivity index (χ2v) is 9.86. The van der Waals surface area contributed by atoms with E-state index in [2.05, 4.69) is 4.72 Å². The predicted octanol–water partition coefficient (Wildman–Crippen LogP) is -0.264. The van der Waals surface area contributed by atoms with Crippen molar-refractivity contribution in [1.29, 1.82) is 0 Å². The smallest absolute Gasteiger partial charge is 0.306 e. The maximum absolute atomic E-state index is 12.2. The molecular formula is C11H19NO6S2. The van der Waals surface area contributed by atoms with Gasteiger partial charge in [-0.3, -0.25) is 4.79 Å². The van der Waals surface area contributed by atoms with E-state index < -0.39 is 37.0 Å². The summed E-state index contributed by atoms with van der Waals surface area (Å²) in [7, 11) is -6.67. The van der Waals surface area contributed by atoms with Crippen molar-refractivity contribution in [2.75, 3.05) is 11.5 Å². The van der Waals surface area contributed by atoms with Crippen molar-refractivity contribution >= 4 is 25.8 Å². The van der Waals surface area contributed by atoms with E-state index in [4.69, 9.17) is 5.11 Å². The zero-order chi connectivity index (χ0) is 15.0. The molecule has 0 radical (unpaired) electrons. The van der Waals surface area contributed by atoms with E-state index in [9.17, 15) is 21.6 Å². The fourth-order valence-electron chi connectivity index (χ4n) is 2.82. The predicted molar refractivity (Wildman–Crippen MR) is 72.5 cm³/mol. The molecular weight excluding hydrogens is 306 g/mol. The number of nitrogens with one attached hydrogen (secondary N) is 1. The summed E-state index contributed by atoms with van der Waals surface area (Å²) in [5, 5.41) is 8.21. The number of hydrogen-bond donors (Lipinski definition) is 2. The van der Waals surface area contributed by atoms with Crippen LogP contribution in [0.4, 0.5) is 0 Å². The molecule has 2 N–H and O–H groups in total. The van der Waals surface area contributed by atoms with E-state index >= 15 is 0 Å². The molecule has 20 heavy (non-hydrogen) atoms. The molecule has 7 nitrogen and oxygen atoms in total. The number of sulfone groups is 1. The van der Waals surface area contributed by atoms with E-state index in [1.165, 1.54) is 0 Å². The summed E-state index contributed by atoms with van der Waals surface area (Å²) in [6.07, 6.45) is 1.53. The van der Waals surface area contributed by atoms with Gasteiger partial charge in [-0.2, -0.15) is 0 Å². The Bertz CT molecular complexity index is 568. The van der Waals surface area contributed by atoms with Gasteiger partial charge in [0.25, 0.3) is 0 Å². The van der Waals surface area contributed by atoms with Crippen LogP contribution in [0.3, 0.4) is 0 Å². The number of carbonyl (C=O) groups is 1. The molecule has 1 aliphatic carbocycles. The van der Waals surface area contributed by atoms with Crippen LogP contribution >= 0.6 is 0 Å². The van der Waals surface area contributed by atoms with Gasteiger partial charge in [0.2, 0.25) is 10.0 Å². The minimum atomic E-state index is -3.57. The summed E-state index contributed by atoms with van der Waals surface area (Å²) in [6, 6.07) is -0.348. The van der Waals surface area contributed by atoms with E-state index in [0.717, 1.165) is 0 Å². The van der Waals surface area contributed by atoms with Crippen molar-refractivity contribution in [2.24, 2.45) is 5.92 Å². The standard InChI is InChI=1S/C11H19NO6S2/c13-11(14)8-1-2-9(7-8)12-20(17,18)10-3-5-19(15,16)6-4-10/h8-10,12H,1-7H2,(H,13,14)/t8-,9+/m1/s1. The zero-order valence-electron chi connectivity index (χ0n) is 11.0. The summed E-state index contributed by atoms with van der Waals surface area (Å²) in [4.78, 5) is 10.8. The molecule has 0 spiro atoms. The van der Waals surface area contributed by atoms with Crippen LogP contribution in [0.25, 0.3) is 0 Å². The molecule has 0 aromatic heterocycles. The zero-order valence-corrected chi connectivity index (χ0v) is 12.6. The Hall–Kier alpha value is -0.670. The highest BCUT2D eigenvalue weighted by Crippen LogP contribution is 2.27. The number of carboxylic acids is 1. The molecule has 2 rings (SSSR count). The second kappa shape index (κ2) is 5.61. The first-order chi connectivity index (χ1) is 9.20. The molecule has 0 amide bonds. The van der Waals surface area contributed by atoms with Gasteiger partial charge in [0.05, 0.1) is 22.7 Å².